The molecule has 0 amide bonds. The minimum absolute atomic E-state index is 0.473. The summed E-state index contributed by atoms with van der Waals surface area (Å²) in [7, 11) is 0. The summed E-state index contributed by atoms with van der Waals surface area (Å²) in [5.74, 6) is 0.473. The van der Waals surface area contributed by atoms with Crippen LogP contribution in [0.5, 0.6) is 0 Å². The van der Waals surface area contributed by atoms with Crippen LogP contribution >= 0.6 is 22.6 Å². The fourth-order valence-corrected chi connectivity index (χ4v) is 3.20. The molecule has 0 heterocycles. The lowest BCUT2D eigenvalue weighted by Gasteiger charge is -2.24. The number of hydrogen-bond donors (Lipinski definition) is 0. The molecule has 0 spiro atoms. The van der Waals surface area contributed by atoms with Crippen LogP contribution in [0.3, 0.4) is 0 Å². The van der Waals surface area contributed by atoms with Crippen molar-refractivity contribution in [3.8, 4) is 0 Å². The molecule has 0 bridgehead atoms. The summed E-state index contributed by atoms with van der Waals surface area (Å²) in [5.41, 5.74) is 4.16. The Labute approximate surface area is 128 Å². The molecule has 0 radical (unpaired) electrons. The van der Waals surface area contributed by atoms with E-state index in [4.69, 9.17) is 0 Å². The van der Waals surface area contributed by atoms with E-state index in [1.165, 1.54) is 20.3 Å². The van der Waals surface area contributed by atoms with Crippen LogP contribution in [0, 0.1) is 0 Å². The first kappa shape index (κ1) is 12.7. The van der Waals surface area contributed by atoms with Gasteiger partial charge in [-0.15, -0.1) is 0 Å². The molecule has 2 aromatic carbocycles. The second-order valence-electron chi connectivity index (χ2n) is 4.77. The number of rotatable bonds is 2. The van der Waals surface area contributed by atoms with Gasteiger partial charge in [-0.2, -0.15) is 0 Å². The summed E-state index contributed by atoms with van der Waals surface area (Å²) in [6.45, 7) is 0. The molecule has 1 unspecified atom stereocenters. The molecule has 94 valence electrons. The van der Waals surface area contributed by atoms with Gasteiger partial charge in [0.2, 0.25) is 0 Å². The van der Waals surface area contributed by atoms with Crippen LogP contribution in [0.2, 0.25) is 0 Å². The molecule has 1 heteroatoms. The molecular formula is C18H15I. The van der Waals surface area contributed by atoms with Crippen molar-refractivity contribution in [3.05, 3.63) is 87.5 Å². The normalized spacial score (nSPS) is 18.7. The highest BCUT2D eigenvalue weighted by Gasteiger charge is 2.21. The van der Waals surface area contributed by atoms with E-state index in [9.17, 15) is 0 Å². The maximum absolute atomic E-state index is 2.44. The summed E-state index contributed by atoms with van der Waals surface area (Å²) < 4.78 is 1.42. The van der Waals surface area contributed by atoms with Crippen molar-refractivity contribution >= 4 is 28.2 Å². The Morgan fingerprint density at radius 2 is 1.42 bits per heavy atom. The van der Waals surface area contributed by atoms with E-state index in [0.29, 0.717) is 5.92 Å². The standard InChI is InChI=1S/C18H15I/c19-16-11-12-17(14-7-3-1-4-8-14)18(13-16)15-9-5-2-6-10-15/h1-12,18H,13H2. The quantitative estimate of drug-likeness (QED) is 0.615. The van der Waals surface area contributed by atoms with Gasteiger partial charge in [0, 0.05) is 5.92 Å². The first-order valence-electron chi connectivity index (χ1n) is 6.51. The minimum atomic E-state index is 0.473. The van der Waals surface area contributed by atoms with Crippen LogP contribution in [-0.4, -0.2) is 0 Å². The van der Waals surface area contributed by atoms with Gasteiger partial charge in [0.1, 0.15) is 0 Å². The van der Waals surface area contributed by atoms with Crippen LogP contribution in [0.25, 0.3) is 5.57 Å². The molecule has 3 rings (SSSR count). The smallest absolute Gasteiger partial charge is 0.0140 e. The molecule has 0 aliphatic heterocycles. The summed E-state index contributed by atoms with van der Waals surface area (Å²) in [6, 6.07) is 21.5. The highest BCUT2D eigenvalue weighted by Crippen LogP contribution is 2.41. The largest absolute Gasteiger partial charge is 0.0622 e. The second-order valence-corrected chi connectivity index (χ2v) is 6.15. The Morgan fingerprint density at radius 3 is 2.11 bits per heavy atom. The van der Waals surface area contributed by atoms with Gasteiger partial charge in [-0.3, -0.25) is 0 Å². The summed E-state index contributed by atoms with van der Waals surface area (Å²) in [6.07, 6.45) is 5.62. The molecular weight excluding hydrogens is 343 g/mol. The van der Waals surface area contributed by atoms with Gasteiger partial charge in [0.25, 0.3) is 0 Å². The number of hydrogen-bond acceptors (Lipinski definition) is 0. The Balaban J connectivity index is 2.04. The van der Waals surface area contributed by atoms with Gasteiger partial charge in [-0.1, -0.05) is 72.8 Å². The van der Waals surface area contributed by atoms with Gasteiger partial charge in [-0.25, -0.2) is 0 Å². The Hall–Kier alpha value is -1.35. The van der Waals surface area contributed by atoms with Crippen molar-refractivity contribution in [2.75, 3.05) is 0 Å². The predicted octanol–water partition coefficient (Wildman–Crippen LogP) is 5.58. The maximum Gasteiger partial charge on any atom is 0.0140 e. The van der Waals surface area contributed by atoms with Crippen molar-refractivity contribution in [1.82, 2.24) is 0 Å². The van der Waals surface area contributed by atoms with Gasteiger partial charge < -0.3 is 0 Å². The molecule has 1 aliphatic carbocycles. The number of halogens is 1. The Morgan fingerprint density at radius 1 is 0.789 bits per heavy atom. The zero-order valence-electron chi connectivity index (χ0n) is 10.6. The Bertz CT molecular complexity index is 609. The van der Waals surface area contributed by atoms with E-state index in [-0.39, 0.29) is 0 Å². The van der Waals surface area contributed by atoms with E-state index in [1.54, 1.807) is 0 Å². The van der Waals surface area contributed by atoms with Gasteiger partial charge in [0.05, 0.1) is 0 Å². The molecule has 1 atom stereocenters. The molecule has 0 fully saturated rings. The third-order valence-corrected chi connectivity index (χ3v) is 4.33. The lowest BCUT2D eigenvalue weighted by molar-refractivity contribution is 0.870. The van der Waals surface area contributed by atoms with Crippen LogP contribution < -0.4 is 0 Å². The average Bonchev–Trinajstić information content (AvgIpc) is 2.49. The lowest BCUT2D eigenvalue weighted by Crippen LogP contribution is -2.05. The van der Waals surface area contributed by atoms with E-state index in [2.05, 4.69) is 95.4 Å². The molecule has 1 aliphatic rings. The summed E-state index contributed by atoms with van der Waals surface area (Å²) in [4.78, 5) is 0. The molecule has 0 saturated heterocycles. The molecule has 19 heavy (non-hydrogen) atoms. The van der Waals surface area contributed by atoms with Crippen LogP contribution in [0.4, 0.5) is 0 Å². The molecule has 0 aromatic heterocycles. The molecule has 2 aromatic rings. The zero-order chi connectivity index (χ0) is 13.1. The number of benzene rings is 2. The van der Waals surface area contributed by atoms with Crippen molar-refractivity contribution < 1.29 is 0 Å². The van der Waals surface area contributed by atoms with Crippen LogP contribution in [-0.2, 0) is 0 Å². The third-order valence-electron chi connectivity index (χ3n) is 3.53. The SMILES string of the molecule is IC1=CC=C(c2ccccc2)C(c2ccccc2)C1. The van der Waals surface area contributed by atoms with Gasteiger partial charge in [0.15, 0.2) is 0 Å². The first-order chi connectivity index (χ1) is 9.34. The van der Waals surface area contributed by atoms with Crippen molar-refractivity contribution in [2.24, 2.45) is 0 Å². The Kier molecular flexibility index (Phi) is 3.83. The van der Waals surface area contributed by atoms with Crippen molar-refractivity contribution in [2.45, 2.75) is 12.3 Å². The van der Waals surface area contributed by atoms with Crippen LogP contribution in [0.15, 0.2) is 76.4 Å². The third kappa shape index (κ3) is 2.81. The first-order valence-corrected chi connectivity index (χ1v) is 7.59. The minimum Gasteiger partial charge on any atom is -0.0622 e. The van der Waals surface area contributed by atoms with E-state index < -0.39 is 0 Å². The zero-order valence-corrected chi connectivity index (χ0v) is 12.7. The van der Waals surface area contributed by atoms with Crippen molar-refractivity contribution in [1.29, 1.82) is 0 Å². The van der Waals surface area contributed by atoms with Crippen molar-refractivity contribution in [3.63, 3.8) is 0 Å². The van der Waals surface area contributed by atoms with E-state index in [0.717, 1.165) is 6.42 Å². The highest BCUT2D eigenvalue weighted by atomic mass is 127. The van der Waals surface area contributed by atoms with Gasteiger partial charge in [-0.05, 0) is 49.3 Å². The van der Waals surface area contributed by atoms with Crippen LogP contribution in [0.1, 0.15) is 23.5 Å². The van der Waals surface area contributed by atoms with E-state index >= 15 is 0 Å². The average molecular weight is 358 g/mol. The number of allylic oxidation sites excluding steroid dienone is 4. The molecule has 0 N–H and O–H groups in total. The summed E-state index contributed by atoms with van der Waals surface area (Å²) >= 11 is 2.44. The highest BCUT2D eigenvalue weighted by molar-refractivity contribution is 14.1. The topological polar surface area (TPSA) is 0 Å². The van der Waals surface area contributed by atoms with Gasteiger partial charge >= 0.3 is 0 Å². The summed E-state index contributed by atoms with van der Waals surface area (Å²) in [5, 5.41) is 0. The fraction of sp³-hybridized carbons (Fsp3) is 0.111. The molecule has 0 nitrogen and oxygen atoms in total. The van der Waals surface area contributed by atoms with E-state index in [1.807, 2.05) is 0 Å². The fourth-order valence-electron chi connectivity index (χ4n) is 2.58. The predicted molar refractivity (Wildman–Crippen MR) is 90.3 cm³/mol. The lowest BCUT2D eigenvalue weighted by atomic mass is 9.82. The monoisotopic (exact) mass is 358 g/mol. The maximum atomic E-state index is 2.44. The molecule has 0 saturated carbocycles. The second kappa shape index (κ2) is 5.74.